The standard InChI is InChI=1S/C28H31F2N5O4S/c1-17-16-39-13-12-35(17)25-15-24(28(10-11-28)40(37,38)21-8-9-22(29)23(30)14-21)33-26(34-25)18-2-4-19(5-3-18)31-27(36)32-20-6-7-20/h2-5,8-9,14-15,17,20,37-38H,6-7,10-13,16H2,1H3,(H2,31,32,36)/t17-/m0/s1. The molecule has 1 aliphatic heterocycles. The van der Waals surface area contributed by atoms with Crippen LogP contribution in [0.1, 0.15) is 38.3 Å². The van der Waals surface area contributed by atoms with Crippen molar-refractivity contribution in [2.45, 2.75) is 54.3 Å². The largest absolute Gasteiger partial charge is 0.377 e. The highest BCUT2D eigenvalue weighted by molar-refractivity contribution is 8.25. The van der Waals surface area contributed by atoms with Gasteiger partial charge in [-0.05, 0) is 75.1 Å². The summed E-state index contributed by atoms with van der Waals surface area (Å²) in [6.45, 7) is 3.67. The lowest BCUT2D eigenvalue weighted by Gasteiger charge is -2.41. The Morgan fingerprint density at radius 2 is 1.82 bits per heavy atom. The maximum atomic E-state index is 14.1. The maximum absolute atomic E-state index is 14.1. The number of carbonyl (C=O) groups excluding carboxylic acids is 1. The number of hydrogen-bond donors (Lipinski definition) is 4. The fourth-order valence-electron chi connectivity index (χ4n) is 4.97. The second-order valence-electron chi connectivity index (χ2n) is 10.6. The van der Waals surface area contributed by atoms with Gasteiger partial charge in [-0.15, -0.1) is 0 Å². The first kappa shape index (κ1) is 26.9. The Kier molecular flexibility index (Phi) is 6.89. The Morgan fingerprint density at radius 1 is 1.07 bits per heavy atom. The summed E-state index contributed by atoms with van der Waals surface area (Å²) < 4.78 is 55.1. The quantitative estimate of drug-likeness (QED) is 0.286. The second kappa shape index (κ2) is 10.3. The molecule has 0 radical (unpaired) electrons. The minimum Gasteiger partial charge on any atom is -0.377 e. The van der Waals surface area contributed by atoms with Crippen LogP contribution in [0.5, 0.6) is 0 Å². The molecule has 3 aromatic rings. The molecule has 2 heterocycles. The normalized spacial score (nSPS) is 20.6. The van der Waals surface area contributed by atoms with Gasteiger partial charge in [-0.3, -0.25) is 9.11 Å². The molecule has 0 bridgehead atoms. The number of amides is 2. The fraction of sp³-hybridized carbons (Fsp3) is 0.393. The Morgan fingerprint density at radius 3 is 2.48 bits per heavy atom. The van der Waals surface area contributed by atoms with Gasteiger partial charge in [-0.2, -0.15) is 10.6 Å². The molecular formula is C28H31F2N5O4S. The van der Waals surface area contributed by atoms with Gasteiger partial charge >= 0.3 is 6.03 Å². The number of nitrogens with zero attached hydrogens (tertiary/aromatic N) is 3. The van der Waals surface area contributed by atoms with Crippen molar-refractivity contribution in [3.05, 3.63) is 65.9 Å². The molecular weight excluding hydrogens is 540 g/mol. The molecule has 4 N–H and O–H groups in total. The number of morpholine rings is 1. The summed E-state index contributed by atoms with van der Waals surface area (Å²) >= 11 is 0. The fourth-order valence-corrected chi connectivity index (χ4v) is 7.02. The van der Waals surface area contributed by atoms with Crippen LogP contribution in [0.2, 0.25) is 0 Å². The minimum atomic E-state index is -3.60. The molecule has 9 nitrogen and oxygen atoms in total. The summed E-state index contributed by atoms with van der Waals surface area (Å²) in [6.07, 6.45) is 2.82. The number of ether oxygens (including phenoxy) is 1. The van der Waals surface area contributed by atoms with Crippen molar-refractivity contribution in [3.63, 3.8) is 0 Å². The van der Waals surface area contributed by atoms with Crippen molar-refractivity contribution in [3.8, 4) is 11.4 Å². The number of carbonyl (C=O) groups is 1. The molecule has 1 atom stereocenters. The average molecular weight is 572 g/mol. The lowest BCUT2D eigenvalue weighted by molar-refractivity contribution is 0.0985. The molecule has 212 valence electrons. The van der Waals surface area contributed by atoms with E-state index in [-0.39, 0.29) is 23.0 Å². The van der Waals surface area contributed by atoms with E-state index in [2.05, 4.69) is 15.5 Å². The number of urea groups is 1. The number of nitrogens with one attached hydrogen (secondary N) is 2. The van der Waals surface area contributed by atoms with Crippen molar-refractivity contribution in [1.29, 1.82) is 0 Å². The molecule has 1 aromatic heterocycles. The number of aromatic nitrogens is 2. The van der Waals surface area contributed by atoms with E-state index in [1.807, 2.05) is 6.92 Å². The molecule has 0 spiro atoms. The first-order chi connectivity index (χ1) is 19.2. The van der Waals surface area contributed by atoms with Gasteiger partial charge in [0, 0.05) is 29.9 Å². The molecule has 2 saturated carbocycles. The van der Waals surface area contributed by atoms with Crippen molar-refractivity contribution in [2.24, 2.45) is 0 Å². The number of rotatable bonds is 7. The van der Waals surface area contributed by atoms with Crippen LogP contribution < -0.4 is 15.5 Å². The van der Waals surface area contributed by atoms with Crippen molar-refractivity contribution in [1.82, 2.24) is 15.3 Å². The molecule has 12 heteroatoms. The molecule has 40 heavy (non-hydrogen) atoms. The third kappa shape index (κ3) is 5.12. The van der Waals surface area contributed by atoms with Gasteiger partial charge in [0.15, 0.2) is 17.5 Å². The number of halogens is 2. The molecule has 0 unspecified atom stereocenters. The van der Waals surface area contributed by atoms with Gasteiger partial charge in [0.05, 0.1) is 29.8 Å². The van der Waals surface area contributed by atoms with Crippen LogP contribution in [0.15, 0.2) is 53.4 Å². The van der Waals surface area contributed by atoms with Gasteiger partial charge in [0.25, 0.3) is 0 Å². The van der Waals surface area contributed by atoms with Gasteiger partial charge < -0.3 is 20.3 Å². The first-order valence-electron chi connectivity index (χ1n) is 13.3. The van der Waals surface area contributed by atoms with Crippen LogP contribution in [-0.4, -0.2) is 56.9 Å². The van der Waals surface area contributed by atoms with E-state index in [0.717, 1.165) is 25.0 Å². The van der Waals surface area contributed by atoms with Crippen LogP contribution in [0.3, 0.4) is 0 Å². The number of hydrogen-bond acceptors (Lipinski definition) is 7. The van der Waals surface area contributed by atoms with Gasteiger partial charge in [-0.1, -0.05) is 0 Å². The molecule has 3 aliphatic rings. The molecule has 2 amide bonds. The summed E-state index contributed by atoms with van der Waals surface area (Å²) in [6, 6.07) is 11.9. The predicted molar refractivity (Wildman–Crippen MR) is 149 cm³/mol. The van der Waals surface area contributed by atoms with Gasteiger partial charge in [-0.25, -0.2) is 23.5 Å². The van der Waals surface area contributed by atoms with E-state index >= 15 is 0 Å². The summed E-state index contributed by atoms with van der Waals surface area (Å²) in [7, 11) is -3.60. The second-order valence-corrected chi connectivity index (χ2v) is 13.0. The average Bonchev–Trinajstić information content (AvgIpc) is 3.86. The zero-order valence-corrected chi connectivity index (χ0v) is 22.8. The first-order valence-corrected chi connectivity index (χ1v) is 14.9. The topological polar surface area (TPSA) is 120 Å². The van der Waals surface area contributed by atoms with Crippen LogP contribution in [0.4, 0.5) is 25.1 Å². The van der Waals surface area contributed by atoms with E-state index in [1.165, 1.54) is 6.07 Å². The van der Waals surface area contributed by atoms with Crippen molar-refractivity contribution < 1.29 is 27.4 Å². The Labute approximate surface area is 232 Å². The monoisotopic (exact) mass is 571 g/mol. The van der Waals surface area contributed by atoms with Gasteiger partial charge in [0.2, 0.25) is 0 Å². The van der Waals surface area contributed by atoms with E-state index in [1.54, 1.807) is 30.3 Å². The maximum Gasteiger partial charge on any atom is 0.319 e. The Hall–Kier alpha value is -3.32. The molecule has 2 aliphatic carbocycles. The van der Waals surface area contributed by atoms with Gasteiger partial charge in [0.1, 0.15) is 10.6 Å². The van der Waals surface area contributed by atoms with E-state index < -0.39 is 27.0 Å². The lowest BCUT2D eigenvalue weighted by atomic mass is 10.1. The zero-order valence-electron chi connectivity index (χ0n) is 21.9. The molecule has 1 saturated heterocycles. The number of benzene rings is 2. The van der Waals surface area contributed by atoms with Crippen LogP contribution in [-0.2, 0) is 9.48 Å². The lowest BCUT2D eigenvalue weighted by Crippen LogP contribution is -2.44. The SMILES string of the molecule is C[C@H]1COCCN1c1cc(C2(S(O)(O)c3ccc(F)c(F)c3)CC2)nc(-c2ccc(NC(=O)NC3CC3)cc2)n1. The highest BCUT2D eigenvalue weighted by Gasteiger charge is 2.57. The van der Waals surface area contributed by atoms with Crippen LogP contribution in [0, 0.1) is 11.6 Å². The van der Waals surface area contributed by atoms with Crippen LogP contribution >= 0.6 is 10.6 Å². The Bertz CT molecular complexity index is 1430. The van der Waals surface area contributed by atoms with E-state index in [0.29, 0.717) is 61.2 Å². The molecule has 3 fully saturated rings. The third-order valence-corrected chi connectivity index (χ3v) is 10.2. The van der Waals surface area contributed by atoms with E-state index in [4.69, 9.17) is 14.7 Å². The molecule has 2 aromatic carbocycles. The highest BCUT2D eigenvalue weighted by atomic mass is 32.3. The highest BCUT2D eigenvalue weighted by Crippen LogP contribution is 2.75. The third-order valence-electron chi connectivity index (χ3n) is 7.62. The summed E-state index contributed by atoms with van der Waals surface area (Å²) in [4.78, 5) is 23.8. The smallest absolute Gasteiger partial charge is 0.319 e. The summed E-state index contributed by atoms with van der Waals surface area (Å²) in [5, 5.41) is 5.70. The number of anilines is 2. The van der Waals surface area contributed by atoms with Crippen LogP contribution in [0.25, 0.3) is 11.4 Å². The van der Waals surface area contributed by atoms with Crippen molar-refractivity contribution in [2.75, 3.05) is 30.0 Å². The molecule has 6 rings (SSSR count). The minimum absolute atomic E-state index is 0.0302. The van der Waals surface area contributed by atoms with Crippen molar-refractivity contribution >= 4 is 28.1 Å². The Balaban J connectivity index is 1.37. The summed E-state index contributed by atoms with van der Waals surface area (Å²) in [5.41, 5.74) is 1.73. The predicted octanol–water partition coefficient (Wildman–Crippen LogP) is 5.73. The summed E-state index contributed by atoms with van der Waals surface area (Å²) in [5.74, 6) is -1.20. The zero-order chi connectivity index (χ0) is 28.1. The van der Waals surface area contributed by atoms with E-state index in [9.17, 15) is 22.7 Å².